The minimum absolute atomic E-state index is 0.00121. The Morgan fingerprint density at radius 1 is 1.00 bits per heavy atom. The van der Waals surface area contributed by atoms with Crippen LogP contribution >= 0.6 is 0 Å². The van der Waals surface area contributed by atoms with Crippen LogP contribution in [0.25, 0.3) is 0 Å². The van der Waals surface area contributed by atoms with Crippen LogP contribution in [0, 0.1) is 5.92 Å². The molecular weight excluding hydrogens is 392 g/mol. The molecule has 1 amide bonds. The van der Waals surface area contributed by atoms with E-state index in [4.69, 9.17) is 9.47 Å². The lowest BCUT2D eigenvalue weighted by Gasteiger charge is -2.44. The average molecular weight is 423 g/mol. The highest BCUT2D eigenvalue weighted by atomic mass is 32.2. The van der Waals surface area contributed by atoms with E-state index < -0.39 is 10.0 Å². The number of sulfonamides is 1. The van der Waals surface area contributed by atoms with Crippen LogP contribution in [-0.4, -0.2) is 69.0 Å². The van der Waals surface area contributed by atoms with Gasteiger partial charge in [-0.05, 0) is 55.9 Å². The Bertz CT molecular complexity index is 803. The van der Waals surface area contributed by atoms with Gasteiger partial charge in [0.15, 0.2) is 6.61 Å². The Kier molecular flexibility index (Phi) is 6.41. The molecule has 0 bridgehead atoms. The summed E-state index contributed by atoms with van der Waals surface area (Å²) in [7, 11) is -3.52. The Balaban J connectivity index is 1.34. The van der Waals surface area contributed by atoms with E-state index >= 15 is 0 Å². The molecule has 0 spiro atoms. The van der Waals surface area contributed by atoms with Crippen LogP contribution in [0.4, 0.5) is 0 Å². The normalized spacial score (nSPS) is 26.0. The molecule has 4 rings (SSSR count). The first-order valence-corrected chi connectivity index (χ1v) is 12.1. The number of morpholine rings is 1. The van der Waals surface area contributed by atoms with Crippen LogP contribution in [0.1, 0.15) is 38.5 Å². The van der Waals surface area contributed by atoms with Crippen LogP contribution in [0.15, 0.2) is 29.2 Å². The Morgan fingerprint density at radius 2 is 1.69 bits per heavy atom. The summed E-state index contributed by atoms with van der Waals surface area (Å²) in [4.78, 5) is 15.0. The number of rotatable bonds is 5. The van der Waals surface area contributed by atoms with Crippen molar-refractivity contribution in [1.29, 1.82) is 0 Å². The standard InChI is InChI=1S/C21H30N2O5S/c24-21(23-11-3-5-17-4-1-2-6-20(17)23)16-28-18-7-9-19(10-8-18)29(25,26)22-12-14-27-15-13-22/h7-10,17,20H,1-6,11-16H2/t17-,20+/m0/s1. The molecule has 0 unspecified atom stereocenters. The molecule has 7 nitrogen and oxygen atoms in total. The van der Waals surface area contributed by atoms with E-state index in [1.807, 2.05) is 4.90 Å². The largest absolute Gasteiger partial charge is 0.484 e. The number of ether oxygens (including phenoxy) is 2. The van der Waals surface area contributed by atoms with Crippen molar-refractivity contribution in [1.82, 2.24) is 9.21 Å². The number of carbonyl (C=O) groups excluding carboxylic acids is 1. The number of nitrogens with zero attached hydrogens (tertiary/aromatic N) is 2. The molecule has 0 aromatic heterocycles. The van der Waals surface area contributed by atoms with Gasteiger partial charge in [-0.1, -0.05) is 12.8 Å². The maximum atomic E-state index is 12.7. The number of benzene rings is 1. The second kappa shape index (κ2) is 9.02. The summed E-state index contributed by atoms with van der Waals surface area (Å²) in [5.41, 5.74) is 0. The van der Waals surface area contributed by atoms with Crippen molar-refractivity contribution in [3.8, 4) is 5.75 Å². The number of carbonyl (C=O) groups is 1. The Morgan fingerprint density at radius 3 is 2.45 bits per heavy atom. The van der Waals surface area contributed by atoms with Gasteiger partial charge >= 0.3 is 0 Å². The van der Waals surface area contributed by atoms with Crippen molar-refractivity contribution in [3.05, 3.63) is 24.3 Å². The van der Waals surface area contributed by atoms with E-state index in [-0.39, 0.29) is 17.4 Å². The zero-order chi connectivity index (χ0) is 20.3. The van der Waals surface area contributed by atoms with Gasteiger partial charge < -0.3 is 14.4 Å². The minimum atomic E-state index is -3.52. The predicted molar refractivity (Wildman–Crippen MR) is 108 cm³/mol. The van der Waals surface area contributed by atoms with Crippen LogP contribution in [0.5, 0.6) is 5.75 Å². The third-order valence-electron chi connectivity index (χ3n) is 6.36. The first-order chi connectivity index (χ1) is 14.1. The van der Waals surface area contributed by atoms with Gasteiger partial charge in [-0.2, -0.15) is 4.31 Å². The fourth-order valence-electron chi connectivity index (χ4n) is 4.81. The number of likely N-dealkylation sites (tertiary alicyclic amines) is 1. The van der Waals surface area contributed by atoms with E-state index in [0.717, 1.165) is 19.4 Å². The summed E-state index contributed by atoms with van der Waals surface area (Å²) in [6.45, 7) is 2.39. The maximum absolute atomic E-state index is 12.7. The molecular formula is C21H30N2O5S. The summed E-state index contributed by atoms with van der Waals surface area (Å²) in [5.74, 6) is 1.19. The van der Waals surface area contributed by atoms with Crippen molar-refractivity contribution in [2.24, 2.45) is 5.92 Å². The molecule has 0 N–H and O–H groups in total. The topological polar surface area (TPSA) is 76.2 Å². The van der Waals surface area contributed by atoms with Gasteiger partial charge in [0.25, 0.3) is 5.91 Å². The summed E-state index contributed by atoms with van der Waals surface area (Å²) < 4.78 is 37.7. The second-order valence-electron chi connectivity index (χ2n) is 8.12. The summed E-state index contributed by atoms with van der Waals surface area (Å²) in [5, 5.41) is 0. The zero-order valence-corrected chi connectivity index (χ0v) is 17.6. The van der Waals surface area contributed by atoms with Gasteiger partial charge in [0.05, 0.1) is 18.1 Å². The molecule has 3 aliphatic rings. The van der Waals surface area contributed by atoms with Gasteiger partial charge in [-0.25, -0.2) is 8.42 Å². The van der Waals surface area contributed by atoms with Crippen molar-refractivity contribution in [3.63, 3.8) is 0 Å². The maximum Gasteiger partial charge on any atom is 0.260 e. The monoisotopic (exact) mass is 422 g/mol. The highest BCUT2D eigenvalue weighted by Crippen LogP contribution is 2.35. The number of hydrogen-bond acceptors (Lipinski definition) is 5. The van der Waals surface area contributed by atoms with Crippen molar-refractivity contribution < 1.29 is 22.7 Å². The molecule has 29 heavy (non-hydrogen) atoms. The number of amides is 1. The molecule has 2 heterocycles. The molecule has 1 aliphatic carbocycles. The van der Waals surface area contributed by atoms with Gasteiger partial charge in [-0.15, -0.1) is 0 Å². The molecule has 3 fully saturated rings. The molecule has 8 heteroatoms. The van der Waals surface area contributed by atoms with Gasteiger partial charge in [0, 0.05) is 25.7 Å². The molecule has 160 valence electrons. The molecule has 1 saturated carbocycles. The van der Waals surface area contributed by atoms with Crippen LogP contribution in [0.3, 0.4) is 0 Å². The van der Waals surface area contributed by atoms with Crippen LogP contribution in [-0.2, 0) is 19.6 Å². The van der Waals surface area contributed by atoms with Gasteiger partial charge in [0.1, 0.15) is 5.75 Å². The highest BCUT2D eigenvalue weighted by Gasteiger charge is 2.35. The van der Waals surface area contributed by atoms with E-state index in [2.05, 4.69) is 0 Å². The Hall–Kier alpha value is -1.64. The smallest absolute Gasteiger partial charge is 0.260 e. The number of fused-ring (bicyclic) bond motifs is 1. The third-order valence-corrected chi connectivity index (χ3v) is 8.27. The Labute approximate surface area is 173 Å². The minimum Gasteiger partial charge on any atom is -0.484 e. The zero-order valence-electron chi connectivity index (χ0n) is 16.8. The molecule has 1 aromatic carbocycles. The van der Waals surface area contributed by atoms with E-state index in [0.29, 0.717) is 44.0 Å². The quantitative estimate of drug-likeness (QED) is 0.728. The number of piperidine rings is 1. The lowest BCUT2D eigenvalue weighted by Crippen LogP contribution is -2.51. The first kappa shape index (κ1) is 20.6. The van der Waals surface area contributed by atoms with E-state index in [9.17, 15) is 13.2 Å². The van der Waals surface area contributed by atoms with Gasteiger partial charge in [0.2, 0.25) is 10.0 Å². The highest BCUT2D eigenvalue weighted by molar-refractivity contribution is 7.89. The molecule has 1 aromatic rings. The first-order valence-electron chi connectivity index (χ1n) is 10.7. The molecule has 2 saturated heterocycles. The lowest BCUT2D eigenvalue weighted by molar-refractivity contribution is -0.139. The fraction of sp³-hybridized carbons (Fsp3) is 0.667. The summed E-state index contributed by atoms with van der Waals surface area (Å²) in [6.07, 6.45) is 7.11. The van der Waals surface area contributed by atoms with E-state index in [1.165, 1.54) is 30.0 Å². The van der Waals surface area contributed by atoms with Crippen LogP contribution in [0.2, 0.25) is 0 Å². The van der Waals surface area contributed by atoms with Crippen molar-refractivity contribution >= 4 is 15.9 Å². The van der Waals surface area contributed by atoms with E-state index in [1.54, 1.807) is 24.3 Å². The number of hydrogen-bond donors (Lipinski definition) is 0. The SMILES string of the molecule is O=C(COc1ccc(S(=O)(=O)N2CCOCC2)cc1)N1CCC[C@@H]2CCCC[C@H]21. The van der Waals surface area contributed by atoms with Crippen molar-refractivity contribution in [2.75, 3.05) is 39.5 Å². The molecule has 2 atom stereocenters. The molecule has 2 aliphatic heterocycles. The van der Waals surface area contributed by atoms with Gasteiger partial charge in [-0.3, -0.25) is 4.79 Å². The van der Waals surface area contributed by atoms with Crippen molar-refractivity contribution in [2.45, 2.75) is 49.5 Å². The fourth-order valence-corrected chi connectivity index (χ4v) is 6.21. The average Bonchev–Trinajstić information content (AvgIpc) is 2.78. The lowest BCUT2D eigenvalue weighted by atomic mass is 9.78. The molecule has 0 radical (unpaired) electrons. The predicted octanol–water partition coefficient (Wildman–Crippen LogP) is 2.27. The van der Waals surface area contributed by atoms with Crippen LogP contribution < -0.4 is 4.74 Å². The summed E-state index contributed by atoms with van der Waals surface area (Å²) in [6, 6.07) is 6.71. The third kappa shape index (κ3) is 4.59. The second-order valence-corrected chi connectivity index (χ2v) is 10.1. The summed E-state index contributed by atoms with van der Waals surface area (Å²) >= 11 is 0.